The monoisotopic (exact) mass is 302 g/mol. The zero-order chi connectivity index (χ0) is 15.6. The van der Waals surface area contributed by atoms with Gasteiger partial charge in [0.25, 0.3) is 0 Å². The minimum Gasteiger partial charge on any atom is -0.467 e. The van der Waals surface area contributed by atoms with Crippen LogP contribution in [-0.4, -0.2) is 25.7 Å². The first-order chi connectivity index (χ1) is 9.84. The number of benzene rings is 1. The molecule has 1 saturated heterocycles. The Morgan fingerprint density at radius 1 is 1.38 bits per heavy atom. The van der Waals surface area contributed by atoms with Gasteiger partial charge in [0, 0.05) is 17.9 Å². The van der Waals surface area contributed by atoms with Crippen molar-refractivity contribution < 1.29 is 22.7 Å². The van der Waals surface area contributed by atoms with E-state index in [9.17, 15) is 18.0 Å². The summed E-state index contributed by atoms with van der Waals surface area (Å²) < 4.78 is 43.5. The maximum atomic E-state index is 12.9. The van der Waals surface area contributed by atoms with Crippen molar-refractivity contribution in [1.82, 2.24) is 0 Å². The second-order valence-electron chi connectivity index (χ2n) is 5.00. The van der Waals surface area contributed by atoms with Crippen molar-refractivity contribution >= 4 is 17.3 Å². The number of nitrogens with two attached hydrogens (primary N) is 1. The number of anilines is 2. The molecule has 0 amide bonds. The molecule has 1 aromatic rings. The van der Waals surface area contributed by atoms with Crippen molar-refractivity contribution in [2.24, 2.45) is 0 Å². The van der Waals surface area contributed by atoms with Gasteiger partial charge in [-0.3, -0.25) is 0 Å². The van der Waals surface area contributed by atoms with Gasteiger partial charge in [0.1, 0.15) is 6.04 Å². The minimum absolute atomic E-state index is 0.321. The van der Waals surface area contributed by atoms with Crippen LogP contribution < -0.4 is 10.6 Å². The third-order valence-electron chi connectivity index (χ3n) is 3.65. The lowest BCUT2D eigenvalue weighted by molar-refractivity contribution is -0.142. The van der Waals surface area contributed by atoms with Crippen molar-refractivity contribution in [1.29, 1.82) is 0 Å². The van der Waals surface area contributed by atoms with Crippen LogP contribution in [0.3, 0.4) is 0 Å². The highest BCUT2D eigenvalue weighted by molar-refractivity contribution is 5.80. The van der Waals surface area contributed by atoms with Crippen molar-refractivity contribution in [2.75, 3.05) is 24.3 Å². The SMILES string of the molecule is COC(=O)[C@H]1CCCCN1c1ccc(N)c(C(F)(F)F)c1. The van der Waals surface area contributed by atoms with Gasteiger partial charge < -0.3 is 15.4 Å². The Hall–Kier alpha value is -1.92. The van der Waals surface area contributed by atoms with Crippen molar-refractivity contribution in [3.05, 3.63) is 23.8 Å². The number of carbonyl (C=O) groups excluding carboxylic acids is 1. The predicted molar refractivity (Wildman–Crippen MR) is 72.9 cm³/mol. The maximum absolute atomic E-state index is 12.9. The van der Waals surface area contributed by atoms with E-state index >= 15 is 0 Å². The Labute approximate surface area is 120 Å². The van der Waals surface area contributed by atoms with Crippen molar-refractivity contribution in [3.63, 3.8) is 0 Å². The fourth-order valence-corrected chi connectivity index (χ4v) is 2.59. The fourth-order valence-electron chi connectivity index (χ4n) is 2.59. The molecule has 2 N–H and O–H groups in total. The first kappa shape index (κ1) is 15.5. The number of alkyl halides is 3. The molecule has 0 radical (unpaired) electrons. The Kier molecular flexibility index (Phi) is 4.29. The second kappa shape index (κ2) is 5.83. The van der Waals surface area contributed by atoms with E-state index in [1.54, 1.807) is 4.90 Å². The number of ether oxygens (including phenoxy) is 1. The van der Waals surface area contributed by atoms with Crippen molar-refractivity contribution in [3.8, 4) is 0 Å². The average molecular weight is 302 g/mol. The van der Waals surface area contributed by atoms with E-state index in [0.717, 1.165) is 18.9 Å². The summed E-state index contributed by atoms with van der Waals surface area (Å²) in [6.07, 6.45) is -2.29. The van der Waals surface area contributed by atoms with Gasteiger partial charge in [-0.25, -0.2) is 4.79 Å². The van der Waals surface area contributed by atoms with Gasteiger partial charge in [0.2, 0.25) is 0 Å². The number of hydrogen-bond acceptors (Lipinski definition) is 4. The van der Waals surface area contributed by atoms with E-state index in [-0.39, 0.29) is 5.69 Å². The normalized spacial score (nSPS) is 19.4. The zero-order valence-corrected chi connectivity index (χ0v) is 11.6. The summed E-state index contributed by atoms with van der Waals surface area (Å²) >= 11 is 0. The molecule has 0 saturated carbocycles. The summed E-state index contributed by atoms with van der Waals surface area (Å²) in [5.74, 6) is -0.430. The number of carbonyl (C=O) groups is 1. The van der Waals surface area contributed by atoms with Crippen LogP contribution in [-0.2, 0) is 15.7 Å². The van der Waals surface area contributed by atoms with Crippen LogP contribution in [0.1, 0.15) is 24.8 Å². The van der Waals surface area contributed by atoms with Gasteiger partial charge >= 0.3 is 12.1 Å². The van der Waals surface area contributed by atoms with Crippen LogP contribution in [0.4, 0.5) is 24.5 Å². The van der Waals surface area contributed by atoms with Crippen LogP contribution in [0.25, 0.3) is 0 Å². The molecule has 1 aliphatic rings. The van der Waals surface area contributed by atoms with Gasteiger partial charge in [-0.05, 0) is 37.5 Å². The number of methoxy groups -OCH3 is 1. The number of piperidine rings is 1. The average Bonchev–Trinajstić information content (AvgIpc) is 2.46. The molecule has 21 heavy (non-hydrogen) atoms. The number of hydrogen-bond donors (Lipinski definition) is 1. The highest BCUT2D eigenvalue weighted by Gasteiger charge is 2.35. The molecule has 4 nitrogen and oxygen atoms in total. The largest absolute Gasteiger partial charge is 0.467 e. The first-order valence-corrected chi connectivity index (χ1v) is 6.66. The topological polar surface area (TPSA) is 55.6 Å². The lowest BCUT2D eigenvalue weighted by Crippen LogP contribution is -2.45. The van der Waals surface area contributed by atoms with E-state index in [4.69, 9.17) is 10.5 Å². The number of rotatable bonds is 2. The Balaban J connectivity index is 2.37. The molecule has 0 bridgehead atoms. The molecule has 1 aromatic carbocycles. The third-order valence-corrected chi connectivity index (χ3v) is 3.65. The fraction of sp³-hybridized carbons (Fsp3) is 0.500. The van der Waals surface area contributed by atoms with Crippen LogP contribution in [0.2, 0.25) is 0 Å². The van der Waals surface area contributed by atoms with E-state index in [1.807, 2.05) is 0 Å². The maximum Gasteiger partial charge on any atom is 0.418 e. The smallest absolute Gasteiger partial charge is 0.418 e. The molecule has 0 aliphatic carbocycles. The molecule has 0 spiro atoms. The highest BCUT2D eigenvalue weighted by atomic mass is 19.4. The minimum atomic E-state index is -4.52. The summed E-state index contributed by atoms with van der Waals surface area (Å²) in [7, 11) is 1.28. The van der Waals surface area contributed by atoms with Gasteiger partial charge in [-0.1, -0.05) is 0 Å². The van der Waals surface area contributed by atoms with E-state index in [2.05, 4.69) is 0 Å². The standard InChI is InChI=1S/C14H17F3N2O2/c1-21-13(20)12-4-2-3-7-19(12)9-5-6-11(18)10(8-9)14(15,16)17/h5-6,8,12H,2-4,7,18H2,1H3/t12-/m1/s1. The molecule has 2 rings (SSSR count). The lowest BCUT2D eigenvalue weighted by Gasteiger charge is -2.36. The van der Waals surface area contributed by atoms with Crippen LogP contribution in [0.5, 0.6) is 0 Å². The van der Waals surface area contributed by atoms with Gasteiger partial charge in [0.15, 0.2) is 0 Å². The summed E-state index contributed by atoms with van der Waals surface area (Å²) in [5, 5.41) is 0. The number of halogens is 3. The van der Waals surface area contributed by atoms with Gasteiger partial charge in [0.05, 0.1) is 12.7 Å². The van der Waals surface area contributed by atoms with E-state index in [0.29, 0.717) is 18.7 Å². The molecule has 1 atom stereocenters. The van der Waals surface area contributed by atoms with Gasteiger partial charge in [-0.15, -0.1) is 0 Å². The molecule has 0 aromatic heterocycles. The summed E-state index contributed by atoms with van der Waals surface area (Å²) in [5.41, 5.74) is 4.53. The van der Waals surface area contributed by atoms with Crippen LogP contribution in [0, 0.1) is 0 Å². The molecular formula is C14H17F3N2O2. The highest BCUT2D eigenvalue weighted by Crippen LogP contribution is 2.37. The lowest BCUT2D eigenvalue weighted by atomic mass is 10.0. The summed E-state index contributed by atoms with van der Waals surface area (Å²) in [4.78, 5) is 13.4. The third kappa shape index (κ3) is 3.22. The summed E-state index contributed by atoms with van der Waals surface area (Å²) in [6.45, 7) is 0.515. The summed E-state index contributed by atoms with van der Waals surface area (Å²) in [6, 6.07) is 3.18. The molecule has 1 aliphatic heterocycles. The zero-order valence-electron chi connectivity index (χ0n) is 11.6. The molecule has 116 valence electrons. The molecule has 0 unspecified atom stereocenters. The number of nitrogen functional groups attached to an aromatic ring is 1. The second-order valence-corrected chi connectivity index (χ2v) is 5.00. The molecular weight excluding hydrogens is 285 g/mol. The molecule has 1 fully saturated rings. The van der Waals surface area contributed by atoms with Crippen molar-refractivity contribution in [2.45, 2.75) is 31.5 Å². The van der Waals surface area contributed by atoms with E-state index < -0.39 is 23.8 Å². The Morgan fingerprint density at radius 2 is 2.10 bits per heavy atom. The number of nitrogens with zero attached hydrogens (tertiary/aromatic N) is 1. The quantitative estimate of drug-likeness (QED) is 0.674. The predicted octanol–water partition coefficient (Wildman–Crippen LogP) is 2.82. The van der Waals surface area contributed by atoms with Crippen LogP contribution >= 0.6 is 0 Å². The molecule has 1 heterocycles. The van der Waals surface area contributed by atoms with Crippen LogP contribution in [0.15, 0.2) is 18.2 Å². The molecule has 7 heteroatoms. The van der Waals surface area contributed by atoms with E-state index in [1.165, 1.54) is 19.2 Å². The Bertz CT molecular complexity index is 531. The van der Waals surface area contributed by atoms with Gasteiger partial charge in [-0.2, -0.15) is 13.2 Å². The Morgan fingerprint density at radius 3 is 2.71 bits per heavy atom. The first-order valence-electron chi connectivity index (χ1n) is 6.66. The number of esters is 1.